The van der Waals surface area contributed by atoms with E-state index in [1.54, 1.807) is 6.07 Å². The van der Waals surface area contributed by atoms with E-state index in [4.69, 9.17) is 13.9 Å². The van der Waals surface area contributed by atoms with E-state index in [9.17, 15) is 19.7 Å². The van der Waals surface area contributed by atoms with E-state index >= 15 is 0 Å². The van der Waals surface area contributed by atoms with Crippen molar-refractivity contribution in [1.82, 2.24) is 5.32 Å². The fraction of sp³-hybridized carbons (Fsp3) is 0.333. The third-order valence-electron chi connectivity index (χ3n) is 4.06. The van der Waals surface area contributed by atoms with Gasteiger partial charge in [0.2, 0.25) is 5.76 Å². The second-order valence-electron chi connectivity index (χ2n) is 5.98. The molecule has 3 rings (SSSR count). The zero-order valence-corrected chi connectivity index (χ0v) is 14.4. The van der Waals surface area contributed by atoms with Gasteiger partial charge in [0, 0.05) is 30.8 Å². The molecular weight excluding hydrogens is 356 g/mol. The minimum atomic E-state index is -0.768. The van der Waals surface area contributed by atoms with Crippen LogP contribution in [0.4, 0.5) is 5.69 Å². The lowest BCUT2D eigenvalue weighted by molar-refractivity contribution is -0.384. The van der Waals surface area contributed by atoms with Gasteiger partial charge in [-0.1, -0.05) is 0 Å². The molecule has 1 aromatic heterocycles. The fourth-order valence-corrected chi connectivity index (χ4v) is 2.64. The van der Waals surface area contributed by atoms with Crippen LogP contribution in [-0.2, 0) is 14.3 Å². The summed E-state index contributed by atoms with van der Waals surface area (Å²) in [6.45, 7) is 0.672. The van der Waals surface area contributed by atoms with Gasteiger partial charge in [-0.3, -0.25) is 14.9 Å². The molecule has 142 valence electrons. The van der Waals surface area contributed by atoms with Crippen molar-refractivity contribution in [1.29, 1.82) is 0 Å². The summed E-state index contributed by atoms with van der Waals surface area (Å²) in [6, 6.07) is 8.69. The highest BCUT2D eigenvalue weighted by Gasteiger charge is 2.18. The molecule has 1 aliphatic rings. The Hall–Kier alpha value is -3.20. The SMILES string of the molecule is O=C(COC(=O)c1ccc(-c2ccc([N+](=O)[O-])cc2)o1)NCC1CCCO1. The molecule has 1 aromatic carbocycles. The summed E-state index contributed by atoms with van der Waals surface area (Å²) in [5.41, 5.74) is 0.535. The van der Waals surface area contributed by atoms with Gasteiger partial charge in [-0.05, 0) is 37.1 Å². The molecule has 0 spiro atoms. The number of esters is 1. The predicted octanol–water partition coefficient (Wildman–Crippen LogP) is 2.31. The maximum atomic E-state index is 12.0. The van der Waals surface area contributed by atoms with Crippen molar-refractivity contribution in [2.24, 2.45) is 0 Å². The van der Waals surface area contributed by atoms with Gasteiger partial charge in [0.05, 0.1) is 11.0 Å². The number of nitro benzene ring substituents is 1. The van der Waals surface area contributed by atoms with E-state index in [0.29, 0.717) is 24.5 Å². The van der Waals surface area contributed by atoms with Crippen LogP contribution in [0.2, 0.25) is 0 Å². The van der Waals surface area contributed by atoms with E-state index < -0.39 is 23.4 Å². The van der Waals surface area contributed by atoms with Crippen LogP contribution in [0.3, 0.4) is 0 Å². The first-order valence-electron chi connectivity index (χ1n) is 8.43. The molecular formula is C18H18N2O7. The van der Waals surface area contributed by atoms with Gasteiger partial charge in [0.1, 0.15) is 5.76 Å². The van der Waals surface area contributed by atoms with Crippen molar-refractivity contribution in [3.63, 3.8) is 0 Å². The summed E-state index contributed by atoms with van der Waals surface area (Å²) < 4.78 is 15.7. The van der Waals surface area contributed by atoms with Gasteiger partial charge in [-0.15, -0.1) is 0 Å². The Labute approximate surface area is 154 Å². The maximum Gasteiger partial charge on any atom is 0.374 e. The molecule has 1 saturated heterocycles. The Morgan fingerprint density at radius 2 is 2.00 bits per heavy atom. The Bertz CT molecular complexity index is 822. The van der Waals surface area contributed by atoms with E-state index in [2.05, 4.69) is 5.32 Å². The molecule has 1 atom stereocenters. The van der Waals surface area contributed by atoms with Crippen LogP contribution in [0.25, 0.3) is 11.3 Å². The summed E-state index contributed by atoms with van der Waals surface area (Å²) in [5, 5.41) is 13.3. The molecule has 0 radical (unpaired) electrons. The predicted molar refractivity (Wildman–Crippen MR) is 93.1 cm³/mol. The van der Waals surface area contributed by atoms with Crippen molar-refractivity contribution in [3.8, 4) is 11.3 Å². The molecule has 2 aromatic rings. The Balaban J connectivity index is 1.50. The minimum Gasteiger partial charge on any atom is -0.450 e. The topological polar surface area (TPSA) is 121 Å². The number of ether oxygens (including phenoxy) is 2. The molecule has 1 aliphatic heterocycles. The molecule has 9 nitrogen and oxygen atoms in total. The lowest BCUT2D eigenvalue weighted by Gasteiger charge is -2.10. The average Bonchev–Trinajstić information content (AvgIpc) is 3.36. The van der Waals surface area contributed by atoms with Crippen LogP contribution >= 0.6 is 0 Å². The number of furan rings is 1. The summed E-state index contributed by atoms with van der Waals surface area (Å²) >= 11 is 0. The van der Waals surface area contributed by atoms with Gasteiger partial charge < -0.3 is 19.2 Å². The van der Waals surface area contributed by atoms with Crippen molar-refractivity contribution >= 4 is 17.6 Å². The van der Waals surface area contributed by atoms with Gasteiger partial charge in [-0.2, -0.15) is 0 Å². The molecule has 2 heterocycles. The smallest absolute Gasteiger partial charge is 0.374 e. The quantitative estimate of drug-likeness (QED) is 0.448. The van der Waals surface area contributed by atoms with Crippen LogP contribution in [0, 0.1) is 10.1 Å². The number of benzene rings is 1. The summed E-state index contributed by atoms with van der Waals surface area (Å²) in [7, 11) is 0. The second-order valence-corrected chi connectivity index (χ2v) is 5.98. The lowest BCUT2D eigenvalue weighted by atomic mass is 10.1. The van der Waals surface area contributed by atoms with Crippen molar-refractivity contribution in [3.05, 3.63) is 52.3 Å². The standard InChI is InChI=1S/C18H18N2O7/c21-17(19-10-14-2-1-9-25-14)11-26-18(22)16-8-7-15(27-16)12-3-5-13(6-4-12)20(23)24/h3-8,14H,1-2,9-11H2,(H,19,21). The van der Waals surface area contributed by atoms with E-state index in [-0.39, 0.29) is 17.6 Å². The normalized spacial score (nSPS) is 16.1. The number of amides is 1. The first kappa shape index (κ1) is 18.6. The first-order valence-corrected chi connectivity index (χ1v) is 8.43. The molecule has 1 fully saturated rings. The maximum absolute atomic E-state index is 12.0. The third-order valence-corrected chi connectivity index (χ3v) is 4.06. The number of hydrogen-bond donors (Lipinski definition) is 1. The van der Waals surface area contributed by atoms with Crippen molar-refractivity contribution in [2.45, 2.75) is 18.9 Å². The lowest BCUT2D eigenvalue weighted by Crippen LogP contribution is -2.34. The zero-order valence-electron chi connectivity index (χ0n) is 14.4. The number of non-ortho nitro benzene ring substituents is 1. The second kappa shape index (κ2) is 8.45. The van der Waals surface area contributed by atoms with Gasteiger partial charge in [0.25, 0.3) is 11.6 Å². The van der Waals surface area contributed by atoms with Crippen LogP contribution in [0.15, 0.2) is 40.8 Å². The fourth-order valence-electron chi connectivity index (χ4n) is 2.64. The van der Waals surface area contributed by atoms with Crippen LogP contribution in [-0.4, -0.2) is 42.7 Å². The van der Waals surface area contributed by atoms with Crippen LogP contribution < -0.4 is 5.32 Å². The third kappa shape index (κ3) is 4.91. The Morgan fingerprint density at radius 1 is 1.22 bits per heavy atom. The number of nitro groups is 1. The molecule has 1 N–H and O–H groups in total. The number of hydrogen-bond acceptors (Lipinski definition) is 7. The van der Waals surface area contributed by atoms with Gasteiger partial charge in [0.15, 0.2) is 6.61 Å². The number of rotatable bonds is 7. The molecule has 1 unspecified atom stereocenters. The van der Waals surface area contributed by atoms with E-state index in [1.807, 2.05) is 0 Å². The molecule has 0 saturated carbocycles. The number of nitrogens with zero attached hydrogens (tertiary/aromatic N) is 1. The highest BCUT2D eigenvalue weighted by molar-refractivity contribution is 5.89. The summed E-state index contributed by atoms with van der Waals surface area (Å²) in [4.78, 5) is 33.9. The number of carbonyl (C=O) groups excluding carboxylic acids is 2. The average molecular weight is 374 g/mol. The summed E-state index contributed by atoms with van der Waals surface area (Å²) in [6.07, 6.45) is 1.89. The highest BCUT2D eigenvalue weighted by Crippen LogP contribution is 2.24. The Kier molecular flexibility index (Phi) is 5.82. The zero-order chi connectivity index (χ0) is 19.2. The number of nitrogens with one attached hydrogen (secondary N) is 1. The molecule has 0 aliphatic carbocycles. The molecule has 0 bridgehead atoms. The molecule has 27 heavy (non-hydrogen) atoms. The summed E-state index contributed by atoms with van der Waals surface area (Å²) in [5.74, 6) is -0.883. The van der Waals surface area contributed by atoms with Crippen LogP contribution in [0.1, 0.15) is 23.4 Å². The van der Waals surface area contributed by atoms with Gasteiger partial charge >= 0.3 is 5.97 Å². The highest BCUT2D eigenvalue weighted by atomic mass is 16.6. The van der Waals surface area contributed by atoms with E-state index in [0.717, 1.165) is 12.8 Å². The monoisotopic (exact) mass is 374 g/mol. The van der Waals surface area contributed by atoms with Crippen molar-refractivity contribution < 1.29 is 28.4 Å². The molecule has 9 heteroatoms. The molecule has 1 amide bonds. The first-order chi connectivity index (χ1) is 13.0. The number of carbonyl (C=O) groups is 2. The van der Waals surface area contributed by atoms with Crippen LogP contribution in [0.5, 0.6) is 0 Å². The minimum absolute atomic E-state index is 0.0129. The van der Waals surface area contributed by atoms with Crippen molar-refractivity contribution in [2.75, 3.05) is 19.8 Å². The van der Waals surface area contributed by atoms with E-state index in [1.165, 1.54) is 30.3 Å². The largest absolute Gasteiger partial charge is 0.450 e. The van der Waals surface area contributed by atoms with Gasteiger partial charge in [-0.25, -0.2) is 4.79 Å². The Morgan fingerprint density at radius 3 is 2.67 bits per heavy atom.